The summed E-state index contributed by atoms with van der Waals surface area (Å²) in [5, 5.41) is 4.00. The first-order valence-electron chi connectivity index (χ1n) is 2.62. The minimum atomic E-state index is -3.94. The summed E-state index contributed by atoms with van der Waals surface area (Å²) in [5.74, 6) is 0. The average molecular weight is 251 g/mol. The molecule has 0 aliphatic rings. The Morgan fingerprint density at radius 2 is 1.62 bits per heavy atom. The molecule has 1 aromatic rings. The van der Waals surface area contributed by atoms with Crippen molar-refractivity contribution in [2.75, 3.05) is 0 Å². The quantitative estimate of drug-likeness (QED) is 0.434. The number of halogens is 2. The maximum Gasteiger partial charge on any atom is 0.273 e. The molecule has 0 saturated heterocycles. The summed E-state index contributed by atoms with van der Waals surface area (Å²) in [6.45, 7) is 0. The van der Waals surface area contributed by atoms with Gasteiger partial charge in [-0.25, -0.2) is 23.5 Å². The number of primary sulfonamides is 1. The number of nitrogens with two attached hydrogens (primary N) is 1. The molecule has 0 amide bonds. The van der Waals surface area contributed by atoms with Gasteiger partial charge in [0.2, 0.25) is 0 Å². The van der Waals surface area contributed by atoms with Crippen molar-refractivity contribution in [1.82, 2.24) is 9.97 Å². The summed E-state index contributed by atoms with van der Waals surface area (Å²) < 4.78 is 21.3. The molecule has 1 radical (unpaired) electrons. The van der Waals surface area contributed by atoms with Crippen molar-refractivity contribution in [2.45, 2.75) is 5.16 Å². The van der Waals surface area contributed by atoms with Gasteiger partial charge in [0, 0.05) is 35.6 Å². The van der Waals surface area contributed by atoms with Gasteiger partial charge in [-0.15, -0.1) is 0 Å². The van der Waals surface area contributed by atoms with Crippen LogP contribution in [0.25, 0.3) is 0 Å². The molecule has 5 nitrogen and oxygen atoms in total. The van der Waals surface area contributed by atoms with Crippen molar-refractivity contribution in [2.24, 2.45) is 5.14 Å². The summed E-state index contributed by atoms with van der Waals surface area (Å²) in [6.07, 6.45) is 0. The zero-order valence-corrected chi connectivity index (χ0v) is 10.9. The van der Waals surface area contributed by atoms with E-state index in [0.29, 0.717) is 0 Å². The van der Waals surface area contributed by atoms with Crippen LogP contribution in [0, 0.1) is 0 Å². The van der Waals surface area contributed by atoms with Crippen LogP contribution in [0.15, 0.2) is 11.2 Å². The number of sulfonamides is 1. The van der Waals surface area contributed by atoms with Gasteiger partial charge < -0.3 is 0 Å². The fourth-order valence-corrected chi connectivity index (χ4v) is 1.47. The first-order chi connectivity index (χ1) is 5.39. The molecule has 0 aromatic carbocycles. The number of hydrogen-bond acceptors (Lipinski definition) is 4. The van der Waals surface area contributed by atoms with E-state index in [1.165, 1.54) is 6.07 Å². The normalized spacial score (nSPS) is 10.7. The summed E-state index contributed by atoms with van der Waals surface area (Å²) in [7, 11) is -3.94. The van der Waals surface area contributed by atoms with Crippen LogP contribution in [-0.2, 0) is 10.0 Å². The predicted molar refractivity (Wildman–Crippen MR) is 49.2 cm³/mol. The van der Waals surface area contributed by atoms with Gasteiger partial charge in [0.25, 0.3) is 15.2 Å². The van der Waals surface area contributed by atoms with Crippen LogP contribution in [0.1, 0.15) is 0 Å². The standard InChI is InChI=1S/C4H3Cl2N3O2S.Na/c5-2-1-3(6)9-4(8-2)12(7,10)11;/h1H,(H2,7,10,11);. The first kappa shape index (κ1) is 13.6. The Kier molecular flexibility index (Phi) is 5.09. The Morgan fingerprint density at radius 3 is 1.92 bits per heavy atom. The van der Waals surface area contributed by atoms with E-state index in [-0.39, 0.29) is 39.9 Å². The summed E-state index contributed by atoms with van der Waals surface area (Å²) in [6, 6.07) is 1.21. The minimum absolute atomic E-state index is 0. The van der Waals surface area contributed by atoms with E-state index in [0.717, 1.165) is 0 Å². The number of rotatable bonds is 1. The Morgan fingerprint density at radius 1 is 1.23 bits per heavy atom. The van der Waals surface area contributed by atoms with Crippen molar-refractivity contribution in [3.05, 3.63) is 16.4 Å². The maximum atomic E-state index is 10.7. The number of aromatic nitrogens is 2. The fourth-order valence-electron chi connectivity index (χ4n) is 0.498. The summed E-state index contributed by atoms with van der Waals surface area (Å²) >= 11 is 10.8. The molecule has 0 unspecified atom stereocenters. The van der Waals surface area contributed by atoms with E-state index in [9.17, 15) is 8.42 Å². The van der Waals surface area contributed by atoms with Gasteiger partial charge in [-0.2, -0.15) is 0 Å². The number of nitrogens with zero attached hydrogens (tertiary/aromatic N) is 2. The largest absolute Gasteiger partial charge is 0.273 e. The van der Waals surface area contributed by atoms with Crippen LogP contribution in [0.4, 0.5) is 0 Å². The molecule has 0 saturated carbocycles. The first-order valence-corrected chi connectivity index (χ1v) is 4.93. The summed E-state index contributed by atoms with van der Waals surface area (Å²) in [5.41, 5.74) is 0. The molecule has 0 atom stereocenters. The van der Waals surface area contributed by atoms with Crippen molar-refractivity contribution in [3.8, 4) is 0 Å². The van der Waals surface area contributed by atoms with Gasteiger partial charge in [-0.05, 0) is 0 Å². The van der Waals surface area contributed by atoms with Gasteiger partial charge in [-0.3, -0.25) is 0 Å². The third kappa shape index (κ3) is 4.07. The molecule has 0 aliphatic carbocycles. The van der Waals surface area contributed by atoms with E-state index >= 15 is 0 Å². The molecule has 67 valence electrons. The second-order valence-corrected chi connectivity index (χ2v) is 4.07. The topological polar surface area (TPSA) is 85.9 Å². The molecule has 1 heterocycles. The molecule has 1 aromatic heterocycles. The Balaban J connectivity index is 0.00000144. The molecule has 0 spiro atoms. The Bertz CT molecular complexity index is 390. The maximum absolute atomic E-state index is 10.7. The van der Waals surface area contributed by atoms with E-state index in [1.807, 2.05) is 0 Å². The van der Waals surface area contributed by atoms with Crippen LogP contribution in [0.3, 0.4) is 0 Å². The van der Waals surface area contributed by atoms with Crippen molar-refractivity contribution in [1.29, 1.82) is 0 Å². The van der Waals surface area contributed by atoms with Crippen LogP contribution in [-0.4, -0.2) is 47.9 Å². The number of hydrogen-bond donors (Lipinski definition) is 1. The smallest absolute Gasteiger partial charge is 0.222 e. The second-order valence-electron chi connectivity index (χ2n) is 1.84. The summed E-state index contributed by atoms with van der Waals surface area (Å²) in [4.78, 5) is 6.72. The predicted octanol–water partition coefficient (Wildman–Crippen LogP) is 0.0500. The zero-order valence-electron chi connectivity index (χ0n) is 6.53. The fraction of sp³-hybridized carbons (Fsp3) is 0. The molecule has 9 heteroatoms. The SMILES string of the molecule is NS(=O)(=O)c1nc(Cl)cc(Cl)n1.[Na]. The van der Waals surface area contributed by atoms with E-state index < -0.39 is 15.2 Å². The molecule has 0 bridgehead atoms. The molecule has 1 rings (SSSR count). The van der Waals surface area contributed by atoms with Crippen LogP contribution < -0.4 is 5.14 Å². The van der Waals surface area contributed by atoms with Gasteiger partial charge in [-0.1, -0.05) is 23.2 Å². The third-order valence-corrected chi connectivity index (χ3v) is 1.98. The van der Waals surface area contributed by atoms with Crippen LogP contribution >= 0.6 is 23.2 Å². The second kappa shape index (κ2) is 4.88. The van der Waals surface area contributed by atoms with E-state index in [4.69, 9.17) is 28.3 Å². The third-order valence-electron chi connectivity index (χ3n) is 0.898. The monoisotopic (exact) mass is 250 g/mol. The van der Waals surface area contributed by atoms with E-state index in [2.05, 4.69) is 9.97 Å². The molecule has 2 N–H and O–H groups in total. The van der Waals surface area contributed by atoms with Crippen molar-refractivity contribution < 1.29 is 8.42 Å². The molecule has 13 heavy (non-hydrogen) atoms. The molecule has 0 aliphatic heterocycles. The van der Waals surface area contributed by atoms with Crippen molar-refractivity contribution >= 4 is 62.8 Å². The van der Waals surface area contributed by atoms with E-state index in [1.54, 1.807) is 0 Å². The van der Waals surface area contributed by atoms with Crippen molar-refractivity contribution in [3.63, 3.8) is 0 Å². The van der Waals surface area contributed by atoms with Crippen LogP contribution in [0.5, 0.6) is 0 Å². The molecular formula is C4H3Cl2N3NaO2S. The Labute approximate surface area is 107 Å². The van der Waals surface area contributed by atoms with Gasteiger partial charge in [0.1, 0.15) is 10.3 Å². The van der Waals surface area contributed by atoms with Crippen LogP contribution in [0.2, 0.25) is 10.3 Å². The minimum Gasteiger partial charge on any atom is -0.222 e. The molecular weight excluding hydrogens is 248 g/mol. The zero-order chi connectivity index (χ0) is 9.35. The average Bonchev–Trinajstić information content (AvgIpc) is 1.82. The van der Waals surface area contributed by atoms with Gasteiger partial charge in [0.15, 0.2) is 0 Å². The van der Waals surface area contributed by atoms with Gasteiger partial charge >= 0.3 is 0 Å². The Hall–Kier alpha value is 0.570. The van der Waals surface area contributed by atoms with Gasteiger partial charge in [0.05, 0.1) is 0 Å². The molecule has 0 fully saturated rings.